The van der Waals surface area contributed by atoms with Crippen LogP contribution in [0, 0.1) is 0 Å². The number of ketones is 1. The van der Waals surface area contributed by atoms with E-state index >= 15 is 0 Å². The summed E-state index contributed by atoms with van der Waals surface area (Å²) in [6.45, 7) is 3.84. The number of carbonyl (C=O) groups excluding carboxylic acids is 2. The van der Waals surface area contributed by atoms with Gasteiger partial charge >= 0.3 is 12.0 Å². The lowest BCUT2D eigenvalue weighted by molar-refractivity contribution is -0.153. The molecule has 0 radical (unpaired) electrons. The van der Waals surface area contributed by atoms with E-state index in [9.17, 15) is 19.5 Å². The van der Waals surface area contributed by atoms with Crippen molar-refractivity contribution in [1.29, 1.82) is 0 Å². The van der Waals surface area contributed by atoms with E-state index in [1.54, 1.807) is 48.6 Å². The monoisotopic (exact) mass is 494 g/mol. The normalized spacial score (nSPS) is 20.9. The number of carboxylic acids is 1. The summed E-state index contributed by atoms with van der Waals surface area (Å²) in [5.74, 6) is -1.52. The number of rotatable bonds is 6. The third-order valence-electron chi connectivity index (χ3n) is 5.70. The highest BCUT2D eigenvalue weighted by atomic mass is 35.5. The Labute approximate surface area is 209 Å². The van der Waals surface area contributed by atoms with Crippen LogP contribution in [0.5, 0.6) is 0 Å². The van der Waals surface area contributed by atoms with Gasteiger partial charge in [-0.15, -0.1) is 0 Å². The maximum Gasteiger partial charge on any atom is 0.323 e. The first-order chi connectivity index (χ1) is 16.7. The summed E-state index contributed by atoms with van der Waals surface area (Å²) in [6.07, 6.45) is 6.45. The van der Waals surface area contributed by atoms with Crippen LogP contribution in [0.3, 0.4) is 0 Å². The molecule has 0 bridgehead atoms. The third kappa shape index (κ3) is 6.91. The molecule has 182 valence electrons. The average molecular weight is 495 g/mol. The van der Waals surface area contributed by atoms with Gasteiger partial charge in [0.1, 0.15) is 5.60 Å². The molecule has 0 spiro atoms. The number of hydrogen-bond donors (Lipinski definition) is 3. The summed E-state index contributed by atoms with van der Waals surface area (Å²) in [5.41, 5.74) is 1.73. The fourth-order valence-corrected chi connectivity index (χ4v) is 4.08. The van der Waals surface area contributed by atoms with Crippen molar-refractivity contribution in [3.05, 3.63) is 89.5 Å². The molecule has 0 saturated heterocycles. The van der Waals surface area contributed by atoms with E-state index in [1.807, 2.05) is 18.2 Å². The lowest BCUT2D eigenvalue weighted by Gasteiger charge is -2.30. The van der Waals surface area contributed by atoms with Crippen LogP contribution in [0.15, 0.2) is 78.9 Å². The number of urea groups is 1. The number of halogens is 1. The minimum absolute atomic E-state index is 0.178. The van der Waals surface area contributed by atoms with Crippen LogP contribution in [0.4, 0.5) is 16.2 Å². The van der Waals surface area contributed by atoms with Gasteiger partial charge in [0.25, 0.3) is 0 Å². The van der Waals surface area contributed by atoms with E-state index in [0.717, 1.165) is 11.1 Å². The topological polar surface area (TPSA) is 105 Å². The Morgan fingerprint density at radius 1 is 1.11 bits per heavy atom. The number of Topliss-reactive ketones (excluding diaryl/α,β-unsaturated/α-hetero) is 1. The Kier molecular flexibility index (Phi) is 8.63. The van der Waals surface area contributed by atoms with E-state index in [0.29, 0.717) is 29.2 Å². The van der Waals surface area contributed by atoms with Crippen LogP contribution in [0.25, 0.3) is 5.57 Å². The number of hydrogen-bond acceptors (Lipinski definition) is 4. The number of carbonyl (C=O) groups is 3. The second kappa shape index (κ2) is 11.6. The predicted molar refractivity (Wildman–Crippen MR) is 138 cm³/mol. The summed E-state index contributed by atoms with van der Waals surface area (Å²) in [6, 6.07) is 13.8. The van der Waals surface area contributed by atoms with Gasteiger partial charge in [-0.2, -0.15) is 0 Å². The maximum absolute atomic E-state index is 13.0. The van der Waals surface area contributed by atoms with Gasteiger partial charge in [-0.25, -0.2) is 4.79 Å². The smallest absolute Gasteiger partial charge is 0.323 e. The molecule has 8 heteroatoms. The molecule has 3 N–H and O–H groups in total. The quantitative estimate of drug-likeness (QED) is 0.421. The average Bonchev–Trinajstić information content (AvgIpc) is 2.82. The standard InChI is InChI=1S/C27H27ClN2O5/c1-18-9-10-19(6-3-4-15-27(35-2,25(18)33)17-24(31)32)20-11-13-22(14-12-20)29-26(34)30-23-8-5-7-21(28)16-23/h5-14,16H,1,3-4,15,17H2,2H3,(H,31,32)(H2,29,30,34)/b10-9-,19-6+. The zero-order valence-corrected chi connectivity index (χ0v) is 20.1. The number of carboxylic acid groups (broad SMARTS) is 1. The summed E-state index contributed by atoms with van der Waals surface area (Å²) in [7, 11) is 1.36. The number of allylic oxidation sites excluding steroid dienone is 4. The minimum Gasteiger partial charge on any atom is -0.481 e. The van der Waals surface area contributed by atoms with Crippen molar-refractivity contribution < 1.29 is 24.2 Å². The van der Waals surface area contributed by atoms with Gasteiger partial charge < -0.3 is 20.5 Å². The number of aliphatic carboxylic acids is 1. The first-order valence-electron chi connectivity index (χ1n) is 11.1. The summed E-state index contributed by atoms with van der Waals surface area (Å²) in [4.78, 5) is 36.6. The number of amides is 2. The van der Waals surface area contributed by atoms with Crippen molar-refractivity contribution in [3.63, 3.8) is 0 Å². The second-order valence-electron chi connectivity index (χ2n) is 8.18. The van der Waals surface area contributed by atoms with E-state index < -0.39 is 29.8 Å². The molecule has 3 rings (SSSR count). The van der Waals surface area contributed by atoms with E-state index in [1.165, 1.54) is 7.11 Å². The molecule has 0 aromatic heterocycles. The Hall–Kier alpha value is -3.68. The fourth-order valence-electron chi connectivity index (χ4n) is 3.89. The molecule has 2 aromatic carbocycles. The van der Waals surface area contributed by atoms with Gasteiger partial charge in [-0.05, 0) is 60.7 Å². The van der Waals surface area contributed by atoms with Crippen molar-refractivity contribution in [2.75, 3.05) is 17.7 Å². The predicted octanol–water partition coefficient (Wildman–Crippen LogP) is 6.09. The Bertz CT molecular complexity index is 1190. The van der Waals surface area contributed by atoms with Crippen LogP contribution in [0.2, 0.25) is 5.02 Å². The largest absolute Gasteiger partial charge is 0.481 e. The number of anilines is 2. The van der Waals surface area contributed by atoms with Crippen molar-refractivity contribution in [2.24, 2.45) is 0 Å². The molecule has 35 heavy (non-hydrogen) atoms. The molecule has 7 nitrogen and oxygen atoms in total. The fraction of sp³-hybridized carbons (Fsp3) is 0.222. The molecular weight excluding hydrogens is 468 g/mol. The van der Waals surface area contributed by atoms with Gasteiger partial charge in [0, 0.05) is 29.1 Å². The first-order valence-corrected chi connectivity index (χ1v) is 11.4. The third-order valence-corrected chi connectivity index (χ3v) is 5.94. The molecule has 1 unspecified atom stereocenters. The zero-order chi connectivity index (χ0) is 25.4. The van der Waals surface area contributed by atoms with Gasteiger partial charge in [0.15, 0.2) is 5.78 Å². The number of ether oxygens (including phenoxy) is 1. The molecular formula is C27H27ClN2O5. The Morgan fingerprint density at radius 3 is 2.49 bits per heavy atom. The highest BCUT2D eigenvalue weighted by molar-refractivity contribution is 6.30. The number of methoxy groups -OCH3 is 1. The van der Waals surface area contributed by atoms with Gasteiger partial charge in [0.2, 0.25) is 0 Å². The molecule has 1 atom stereocenters. The van der Waals surface area contributed by atoms with Crippen LogP contribution in [-0.2, 0) is 14.3 Å². The van der Waals surface area contributed by atoms with Crippen molar-refractivity contribution in [2.45, 2.75) is 31.3 Å². The highest BCUT2D eigenvalue weighted by Crippen LogP contribution is 2.30. The van der Waals surface area contributed by atoms with Gasteiger partial charge in [0.05, 0.1) is 6.42 Å². The SMILES string of the molecule is C=C1/C=C\C(c2ccc(NC(=O)Nc3cccc(Cl)c3)cc2)=C/CCCC(CC(=O)O)(OC)C1=O. The summed E-state index contributed by atoms with van der Waals surface area (Å²) < 4.78 is 5.41. The van der Waals surface area contributed by atoms with E-state index in [-0.39, 0.29) is 12.0 Å². The Morgan fingerprint density at radius 2 is 1.83 bits per heavy atom. The molecule has 1 aliphatic carbocycles. The molecule has 2 aromatic rings. The molecule has 0 heterocycles. The van der Waals surface area contributed by atoms with Gasteiger partial charge in [-0.3, -0.25) is 9.59 Å². The van der Waals surface area contributed by atoms with Crippen LogP contribution in [-0.4, -0.2) is 35.6 Å². The highest BCUT2D eigenvalue weighted by Gasteiger charge is 2.40. The van der Waals surface area contributed by atoms with Crippen molar-refractivity contribution in [1.82, 2.24) is 0 Å². The summed E-state index contributed by atoms with van der Waals surface area (Å²) in [5, 5.41) is 15.3. The van der Waals surface area contributed by atoms with Crippen molar-refractivity contribution in [3.8, 4) is 0 Å². The maximum atomic E-state index is 13.0. The molecule has 2 amide bonds. The molecule has 0 aliphatic heterocycles. The minimum atomic E-state index is -1.42. The Balaban J connectivity index is 1.71. The number of nitrogens with one attached hydrogen (secondary N) is 2. The van der Waals surface area contributed by atoms with E-state index in [4.69, 9.17) is 16.3 Å². The van der Waals surface area contributed by atoms with E-state index in [2.05, 4.69) is 17.2 Å². The summed E-state index contributed by atoms with van der Waals surface area (Å²) >= 11 is 5.94. The second-order valence-corrected chi connectivity index (χ2v) is 8.61. The number of benzene rings is 2. The van der Waals surface area contributed by atoms with Gasteiger partial charge in [-0.1, -0.05) is 54.6 Å². The molecule has 0 saturated carbocycles. The van der Waals surface area contributed by atoms with Crippen LogP contribution < -0.4 is 10.6 Å². The van der Waals surface area contributed by atoms with Crippen LogP contribution >= 0.6 is 11.6 Å². The lowest BCUT2D eigenvalue weighted by atomic mass is 9.83. The molecule has 0 fully saturated rings. The molecule has 1 aliphatic rings. The zero-order valence-electron chi connectivity index (χ0n) is 19.3. The van der Waals surface area contributed by atoms with Crippen LogP contribution in [0.1, 0.15) is 31.2 Å². The lowest BCUT2D eigenvalue weighted by Crippen LogP contribution is -2.43. The van der Waals surface area contributed by atoms with Crippen molar-refractivity contribution >= 4 is 46.3 Å². The first kappa shape index (κ1) is 25.9.